The standard InChI is InChI=1S/C7H9ClN4O2/c1-3(2)7-10-5(8)4(12(13)14)6(9)11-7/h3H,1-2H3,(H2,9,10,11). The van der Waals surface area contributed by atoms with Crippen LogP contribution in [0, 0.1) is 10.1 Å². The van der Waals surface area contributed by atoms with Crippen LogP contribution in [0.2, 0.25) is 5.15 Å². The number of nitrogens with zero attached hydrogens (tertiary/aromatic N) is 3. The van der Waals surface area contributed by atoms with Crippen molar-refractivity contribution in [2.75, 3.05) is 5.73 Å². The highest BCUT2D eigenvalue weighted by Gasteiger charge is 2.21. The topological polar surface area (TPSA) is 94.9 Å². The Kier molecular flexibility index (Phi) is 2.85. The summed E-state index contributed by atoms with van der Waals surface area (Å²) in [5, 5.41) is 10.3. The fourth-order valence-electron chi connectivity index (χ4n) is 0.888. The first kappa shape index (κ1) is 10.6. The summed E-state index contributed by atoms with van der Waals surface area (Å²) in [7, 11) is 0. The van der Waals surface area contributed by atoms with Gasteiger partial charge in [-0.1, -0.05) is 25.4 Å². The maximum absolute atomic E-state index is 10.5. The molecule has 2 N–H and O–H groups in total. The van der Waals surface area contributed by atoms with Crippen molar-refractivity contribution in [3.8, 4) is 0 Å². The monoisotopic (exact) mass is 216 g/mol. The number of nitro groups is 1. The highest BCUT2D eigenvalue weighted by molar-refractivity contribution is 6.31. The maximum atomic E-state index is 10.5. The van der Waals surface area contributed by atoms with E-state index < -0.39 is 10.6 Å². The number of nitrogens with two attached hydrogens (primary N) is 1. The van der Waals surface area contributed by atoms with Gasteiger partial charge in [-0.05, 0) is 0 Å². The Hall–Kier alpha value is -1.43. The van der Waals surface area contributed by atoms with Crippen molar-refractivity contribution in [2.24, 2.45) is 0 Å². The Labute approximate surface area is 85.3 Å². The summed E-state index contributed by atoms with van der Waals surface area (Å²) in [5.41, 5.74) is 4.95. The van der Waals surface area contributed by atoms with E-state index in [1.54, 1.807) is 0 Å². The lowest BCUT2D eigenvalue weighted by Crippen LogP contribution is -2.06. The number of anilines is 1. The number of halogens is 1. The Morgan fingerprint density at radius 3 is 2.43 bits per heavy atom. The van der Waals surface area contributed by atoms with Gasteiger partial charge in [0, 0.05) is 5.92 Å². The van der Waals surface area contributed by atoms with Gasteiger partial charge in [-0.3, -0.25) is 10.1 Å². The lowest BCUT2D eigenvalue weighted by Gasteiger charge is -2.05. The molecule has 0 amide bonds. The zero-order chi connectivity index (χ0) is 10.9. The van der Waals surface area contributed by atoms with Gasteiger partial charge >= 0.3 is 5.69 Å². The number of aromatic nitrogens is 2. The maximum Gasteiger partial charge on any atom is 0.348 e. The molecule has 0 unspecified atom stereocenters. The molecule has 1 heterocycles. The van der Waals surface area contributed by atoms with E-state index >= 15 is 0 Å². The Bertz CT molecular complexity index is 357. The van der Waals surface area contributed by atoms with Gasteiger partial charge in [-0.2, -0.15) is 0 Å². The summed E-state index contributed by atoms with van der Waals surface area (Å²) < 4.78 is 0. The molecule has 7 heteroatoms. The molecule has 0 bridgehead atoms. The minimum absolute atomic E-state index is 0.0237. The Balaban J connectivity index is 3.32. The van der Waals surface area contributed by atoms with Crippen LogP contribution in [0.25, 0.3) is 0 Å². The van der Waals surface area contributed by atoms with Crippen molar-refractivity contribution in [3.63, 3.8) is 0 Å². The first-order chi connectivity index (χ1) is 6.43. The first-order valence-corrected chi connectivity index (χ1v) is 4.28. The predicted molar refractivity (Wildman–Crippen MR) is 52.2 cm³/mol. The Morgan fingerprint density at radius 2 is 2.07 bits per heavy atom. The van der Waals surface area contributed by atoms with Crippen LogP contribution in [-0.2, 0) is 0 Å². The third-order valence-electron chi connectivity index (χ3n) is 1.58. The molecular formula is C7H9ClN4O2. The second kappa shape index (κ2) is 3.75. The molecule has 0 saturated heterocycles. The van der Waals surface area contributed by atoms with Crippen LogP contribution in [0.1, 0.15) is 25.6 Å². The van der Waals surface area contributed by atoms with Gasteiger partial charge < -0.3 is 5.73 Å². The van der Waals surface area contributed by atoms with Crippen LogP contribution in [0.15, 0.2) is 0 Å². The summed E-state index contributed by atoms with van der Waals surface area (Å²) in [6.45, 7) is 3.69. The van der Waals surface area contributed by atoms with E-state index in [4.69, 9.17) is 17.3 Å². The van der Waals surface area contributed by atoms with E-state index in [-0.39, 0.29) is 16.9 Å². The van der Waals surface area contributed by atoms with Crippen LogP contribution >= 0.6 is 11.6 Å². The molecule has 76 valence electrons. The fraction of sp³-hybridized carbons (Fsp3) is 0.429. The molecule has 1 rings (SSSR count). The largest absolute Gasteiger partial charge is 0.378 e. The predicted octanol–water partition coefficient (Wildman–Crippen LogP) is 1.74. The van der Waals surface area contributed by atoms with Crippen molar-refractivity contribution < 1.29 is 4.92 Å². The molecule has 0 aromatic carbocycles. The Morgan fingerprint density at radius 1 is 1.50 bits per heavy atom. The van der Waals surface area contributed by atoms with E-state index in [2.05, 4.69) is 9.97 Å². The lowest BCUT2D eigenvalue weighted by molar-refractivity contribution is -0.384. The molecule has 1 aromatic heterocycles. The van der Waals surface area contributed by atoms with Crippen LogP contribution in [0.4, 0.5) is 11.5 Å². The quantitative estimate of drug-likeness (QED) is 0.462. The number of rotatable bonds is 2. The number of hydrogen-bond donors (Lipinski definition) is 1. The highest BCUT2D eigenvalue weighted by atomic mass is 35.5. The molecule has 0 radical (unpaired) electrons. The molecule has 0 fully saturated rings. The SMILES string of the molecule is CC(C)c1nc(N)c([N+](=O)[O-])c(Cl)n1. The van der Waals surface area contributed by atoms with E-state index in [0.29, 0.717) is 5.82 Å². The summed E-state index contributed by atoms with van der Waals surface area (Å²) >= 11 is 5.60. The molecule has 1 aromatic rings. The smallest absolute Gasteiger partial charge is 0.348 e. The lowest BCUT2D eigenvalue weighted by atomic mass is 10.2. The molecule has 0 aliphatic rings. The van der Waals surface area contributed by atoms with Crippen LogP contribution < -0.4 is 5.73 Å². The van der Waals surface area contributed by atoms with E-state index in [0.717, 1.165) is 0 Å². The summed E-state index contributed by atoms with van der Waals surface area (Å²) in [4.78, 5) is 17.4. The highest BCUT2D eigenvalue weighted by Crippen LogP contribution is 2.28. The molecule has 0 aliphatic carbocycles. The van der Waals surface area contributed by atoms with Crippen molar-refractivity contribution >= 4 is 23.1 Å². The third-order valence-corrected chi connectivity index (χ3v) is 1.85. The average Bonchev–Trinajstić information content (AvgIpc) is 2.01. The van der Waals surface area contributed by atoms with Gasteiger partial charge in [-0.15, -0.1) is 0 Å². The number of nitrogen functional groups attached to an aromatic ring is 1. The summed E-state index contributed by atoms with van der Waals surface area (Å²) in [5.74, 6) is 0.229. The number of hydrogen-bond acceptors (Lipinski definition) is 5. The minimum atomic E-state index is -0.693. The zero-order valence-electron chi connectivity index (χ0n) is 7.69. The van der Waals surface area contributed by atoms with Gasteiger partial charge in [0.2, 0.25) is 11.0 Å². The normalized spacial score (nSPS) is 10.6. The molecule has 0 spiro atoms. The van der Waals surface area contributed by atoms with Crippen molar-refractivity contribution in [3.05, 3.63) is 21.1 Å². The second-order valence-electron chi connectivity index (χ2n) is 3.02. The second-order valence-corrected chi connectivity index (χ2v) is 3.38. The van der Waals surface area contributed by atoms with Gasteiger partial charge in [0.15, 0.2) is 0 Å². The molecule has 6 nitrogen and oxygen atoms in total. The van der Waals surface area contributed by atoms with Crippen LogP contribution in [-0.4, -0.2) is 14.9 Å². The van der Waals surface area contributed by atoms with Crippen molar-refractivity contribution in [2.45, 2.75) is 19.8 Å². The fourth-order valence-corrected chi connectivity index (χ4v) is 1.14. The van der Waals surface area contributed by atoms with E-state index in [9.17, 15) is 10.1 Å². The molecular weight excluding hydrogens is 208 g/mol. The molecule has 0 aliphatic heterocycles. The van der Waals surface area contributed by atoms with Gasteiger partial charge in [-0.25, -0.2) is 9.97 Å². The van der Waals surface area contributed by atoms with Gasteiger partial charge in [0.05, 0.1) is 4.92 Å². The zero-order valence-corrected chi connectivity index (χ0v) is 8.45. The minimum Gasteiger partial charge on any atom is -0.378 e. The van der Waals surface area contributed by atoms with Crippen LogP contribution in [0.3, 0.4) is 0 Å². The van der Waals surface area contributed by atoms with Gasteiger partial charge in [0.1, 0.15) is 5.82 Å². The van der Waals surface area contributed by atoms with E-state index in [1.165, 1.54) is 0 Å². The first-order valence-electron chi connectivity index (χ1n) is 3.90. The molecule has 0 saturated carbocycles. The third kappa shape index (κ3) is 1.90. The van der Waals surface area contributed by atoms with E-state index in [1.807, 2.05) is 13.8 Å². The molecule has 14 heavy (non-hydrogen) atoms. The summed E-state index contributed by atoms with van der Waals surface area (Å²) in [6, 6.07) is 0. The van der Waals surface area contributed by atoms with Crippen molar-refractivity contribution in [1.29, 1.82) is 0 Å². The summed E-state index contributed by atoms with van der Waals surface area (Å²) in [6.07, 6.45) is 0. The average molecular weight is 217 g/mol. The van der Waals surface area contributed by atoms with Gasteiger partial charge in [0.25, 0.3) is 0 Å². The van der Waals surface area contributed by atoms with Crippen LogP contribution in [0.5, 0.6) is 0 Å². The van der Waals surface area contributed by atoms with Crippen molar-refractivity contribution in [1.82, 2.24) is 9.97 Å². The molecule has 0 atom stereocenters.